The number of carbonyl (C=O) groups is 1. The third kappa shape index (κ3) is 3.76. The van der Waals surface area contributed by atoms with E-state index in [2.05, 4.69) is 10.3 Å². The predicted molar refractivity (Wildman–Crippen MR) is 87.5 cm³/mol. The lowest BCUT2D eigenvalue weighted by Crippen LogP contribution is -2.39. The molecule has 0 bridgehead atoms. The van der Waals surface area contributed by atoms with Crippen LogP contribution in [0.3, 0.4) is 0 Å². The van der Waals surface area contributed by atoms with Crippen LogP contribution >= 0.6 is 0 Å². The standard InChI is InChI=1S/C19H21FN2O/c20-17-7-5-16(6-8-17)19(9-1-2-10-19)14-22-18(23)12-15-4-3-11-21-13-15/h3-8,11,13H,1-2,9-10,12,14H2,(H,22,23). The molecule has 1 aromatic heterocycles. The first-order valence-electron chi connectivity index (χ1n) is 8.10. The molecule has 3 rings (SSSR count). The molecule has 3 nitrogen and oxygen atoms in total. The summed E-state index contributed by atoms with van der Waals surface area (Å²) in [7, 11) is 0. The van der Waals surface area contributed by atoms with Gasteiger partial charge in [0.05, 0.1) is 6.42 Å². The van der Waals surface area contributed by atoms with Crippen LogP contribution in [0.2, 0.25) is 0 Å². The molecule has 0 unspecified atom stereocenters. The number of aromatic nitrogens is 1. The smallest absolute Gasteiger partial charge is 0.224 e. The van der Waals surface area contributed by atoms with Crippen molar-refractivity contribution in [2.75, 3.05) is 6.54 Å². The molecule has 0 aliphatic heterocycles. The van der Waals surface area contributed by atoms with E-state index in [-0.39, 0.29) is 17.1 Å². The Morgan fingerprint density at radius 1 is 1.17 bits per heavy atom. The van der Waals surface area contributed by atoms with Crippen molar-refractivity contribution in [2.24, 2.45) is 0 Å². The van der Waals surface area contributed by atoms with Crippen molar-refractivity contribution in [3.63, 3.8) is 0 Å². The SMILES string of the molecule is O=C(Cc1cccnc1)NCC1(c2ccc(F)cc2)CCCC1. The van der Waals surface area contributed by atoms with Gasteiger partial charge in [-0.25, -0.2) is 4.39 Å². The van der Waals surface area contributed by atoms with Gasteiger partial charge in [-0.2, -0.15) is 0 Å². The number of nitrogens with one attached hydrogen (secondary N) is 1. The van der Waals surface area contributed by atoms with Crippen molar-refractivity contribution < 1.29 is 9.18 Å². The molecule has 1 aliphatic carbocycles. The number of nitrogens with zero attached hydrogens (tertiary/aromatic N) is 1. The average molecular weight is 312 g/mol. The van der Waals surface area contributed by atoms with Crippen LogP contribution in [0.4, 0.5) is 4.39 Å². The van der Waals surface area contributed by atoms with Gasteiger partial charge in [0.15, 0.2) is 0 Å². The van der Waals surface area contributed by atoms with Gasteiger partial charge < -0.3 is 5.32 Å². The van der Waals surface area contributed by atoms with Gasteiger partial charge in [-0.05, 0) is 42.2 Å². The summed E-state index contributed by atoms with van der Waals surface area (Å²) in [5.74, 6) is -0.214. The summed E-state index contributed by atoms with van der Waals surface area (Å²) in [5, 5.41) is 3.07. The Morgan fingerprint density at radius 2 is 1.91 bits per heavy atom. The van der Waals surface area contributed by atoms with Gasteiger partial charge in [-0.3, -0.25) is 9.78 Å². The fourth-order valence-corrected chi connectivity index (χ4v) is 3.44. The van der Waals surface area contributed by atoms with Crippen molar-refractivity contribution >= 4 is 5.91 Å². The lowest BCUT2D eigenvalue weighted by atomic mass is 9.78. The first kappa shape index (κ1) is 15.7. The third-order valence-corrected chi connectivity index (χ3v) is 4.73. The lowest BCUT2D eigenvalue weighted by molar-refractivity contribution is -0.120. The topological polar surface area (TPSA) is 42.0 Å². The minimum Gasteiger partial charge on any atom is -0.355 e. The van der Waals surface area contributed by atoms with Crippen LogP contribution < -0.4 is 5.32 Å². The number of rotatable bonds is 5. The van der Waals surface area contributed by atoms with Crippen LogP contribution in [0.1, 0.15) is 36.8 Å². The number of amides is 1. The lowest BCUT2D eigenvalue weighted by Gasteiger charge is -2.30. The molecule has 1 N–H and O–H groups in total. The van der Waals surface area contributed by atoms with Gasteiger partial charge in [0, 0.05) is 24.4 Å². The Hall–Kier alpha value is -2.23. The molecule has 0 saturated heterocycles. The molecule has 0 spiro atoms. The van der Waals surface area contributed by atoms with Crippen molar-refractivity contribution in [2.45, 2.75) is 37.5 Å². The van der Waals surface area contributed by atoms with Crippen LogP contribution in [-0.2, 0) is 16.6 Å². The van der Waals surface area contributed by atoms with Crippen molar-refractivity contribution in [1.29, 1.82) is 0 Å². The Balaban J connectivity index is 1.66. The highest BCUT2D eigenvalue weighted by molar-refractivity contribution is 5.78. The summed E-state index contributed by atoms with van der Waals surface area (Å²) >= 11 is 0. The van der Waals surface area contributed by atoms with Crippen molar-refractivity contribution in [1.82, 2.24) is 10.3 Å². The molecule has 1 fully saturated rings. The molecule has 1 heterocycles. The Labute approximate surface area is 135 Å². The summed E-state index contributed by atoms with van der Waals surface area (Å²) < 4.78 is 13.2. The zero-order chi connectivity index (χ0) is 16.1. The van der Waals surface area contributed by atoms with E-state index < -0.39 is 0 Å². The summed E-state index contributed by atoms with van der Waals surface area (Å²) in [4.78, 5) is 16.2. The van der Waals surface area contributed by atoms with Gasteiger partial charge in [0.2, 0.25) is 5.91 Å². The highest BCUT2D eigenvalue weighted by Gasteiger charge is 2.35. The molecule has 4 heteroatoms. The normalized spacial score (nSPS) is 16.2. The second kappa shape index (κ2) is 6.90. The number of benzene rings is 1. The first-order valence-corrected chi connectivity index (χ1v) is 8.10. The number of hydrogen-bond acceptors (Lipinski definition) is 2. The number of halogens is 1. The van der Waals surface area contributed by atoms with E-state index in [0.29, 0.717) is 13.0 Å². The third-order valence-electron chi connectivity index (χ3n) is 4.73. The molecule has 23 heavy (non-hydrogen) atoms. The zero-order valence-corrected chi connectivity index (χ0v) is 13.1. The predicted octanol–water partition coefficient (Wildman–Crippen LogP) is 3.39. The van der Waals surface area contributed by atoms with E-state index in [1.807, 2.05) is 24.3 Å². The second-order valence-corrected chi connectivity index (χ2v) is 6.31. The molecular weight excluding hydrogens is 291 g/mol. The van der Waals surface area contributed by atoms with Gasteiger partial charge >= 0.3 is 0 Å². The van der Waals surface area contributed by atoms with E-state index >= 15 is 0 Å². The van der Waals surface area contributed by atoms with Crippen molar-refractivity contribution in [3.05, 3.63) is 65.7 Å². The maximum atomic E-state index is 13.2. The van der Waals surface area contributed by atoms with E-state index in [4.69, 9.17) is 0 Å². The molecule has 1 aromatic carbocycles. The highest BCUT2D eigenvalue weighted by atomic mass is 19.1. The first-order chi connectivity index (χ1) is 11.2. The fraction of sp³-hybridized carbons (Fsp3) is 0.368. The van der Waals surface area contributed by atoms with E-state index in [0.717, 1.165) is 36.8 Å². The summed E-state index contributed by atoms with van der Waals surface area (Å²) in [6.07, 6.45) is 8.12. The molecule has 0 radical (unpaired) electrons. The van der Waals surface area contributed by atoms with E-state index in [1.165, 1.54) is 12.1 Å². The summed E-state index contributed by atoms with van der Waals surface area (Å²) in [6.45, 7) is 0.609. The van der Waals surface area contributed by atoms with Gasteiger partial charge in [0.25, 0.3) is 0 Å². The highest BCUT2D eigenvalue weighted by Crippen LogP contribution is 2.40. The maximum absolute atomic E-state index is 13.2. The quantitative estimate of drug-likeness (QED) is 0.919. The zero-order valence-electron chi connectivity index (χ0n) is 13.1. The molecular formula is C19H21FN2O. The molecule has 1 saturated carbocycles. The molecule has 1 aliphatic rings. The Bertz CT molecular complexity index is 649. The summed E-state index contributed by atoms with van der Waals surface area (Å²) in [5.41, 5.74) is 1.98. The number of pyridine rings is 1. The maximum Gasteiger partial charge on any atom is 0.224 e. The fourth-order valence-electron chi connectivity index (χ4n) is 3.44. The Morgan fingerprint density at radius 3 is 2.57 bits per heavy atom. The van der Waals surface area contributed by atoms with Crippen LogP contribution in [0.25, 0.3) is 0 Å². The van der Waals surface area contributed by atoms with E-state index in [1.54, 1.807) is 12.4 Å². The van der Waals surface area contributed by atoms with Gasteiger partial charge in [0.1, 0.15) is 5.82 Å². The molecule has 0 atom stereocenters. The molecule has 2 aromatic rings. The second-order valence-electron chi connectivity index (χ2n) is 6.31. The minimum absolute atomic E-state index is 0.00591. The minimum atomic E-state index is -0.220. The monoisotopic (exact) mass is 312 g/mol. The van der Waals surface area contributed by atoms with Gasteiger partial charge in [-0.1, -0.05) is 31.0 Å². The molecule has 120 valence electrons. The van der Waals surface area contributed by atoms with Crippen molar-refractivity contribution in [3.8, 4) is 0 Å². The summed E-state index contributed by atoms with van der Waals surface area (Å²) in [6, 6.07) is 10.5. The van der Waals surface area contributed by atoms with Crippen LogP contribution in [0, 0.1) is 5.82 Å². The van der Waals surface area contributed by atoms with Crippen LogP contribution in [0.5, 0.6) is 0 Å². The largest absolute Gasteiger partial charge is 0.355 e. The number of hydrogen-bond donors (Lipinski definition) is 1. The van der Waals surface area contributed by atoms with Crippen LogP contribution in [0.15, 0.2) is 48.8 Å². The number of carbonyl (C=O) groups excluding carboxylic acids is 1. The van der Waals surface area contributed by atoms with Gasteiger partial charge in [-0.15, -0.1) is 0 Å². The average Bonchev–Trinajstić information content (AvgIpc) is 3.05. The Kier molecular flexibility index (Phi) is 4.70. The molecule has 1 amide bonds. The van der Waals surface area contributed by atoms with Crippen LogP contribution in [-0.4, -0.2) is 17.4 Å². The van der Waals surface area contributed by atoms with E-state index in [9.17, 15) is 9.18 Å².